The molecule has 3 aliphatic rings. The second-order valence-electron chi connectivity index (χ2n) is 7.20. The van der Waals surface area contributed by atoms with Gasteiger partial charge in [-0.1, -0.05) is 0 Å². The van der Waals surface area contributed by atoms with Crippen molar-refractivity contribution in [2.45, 2.75) is 31.8 Å². The average molecular weight is 347 g/mol. The molecule has 0 aliphatic carbocycles. The van der Waals surface area contributed by atoms with Crippen LogP contribution in [0.25, 0.3) is 0 Å². The van der Waals surface area contributed by atoms with Crippen LogP contribution in [-0.4, -0.2) is 86.1 Å². The molecule has 4 heterocycles. The van der Waals surface area contributed by atoms with Crippen LogP contribution in [0.15, 0.2) is 12.3 Å². The van der Waals surface area contributed by atoms with Crippen LogP contribution in [0.3, 0.4) is 0 Å². The molecule has 1 atom stereocenters. The van der Waals surface area contributed by atoms with E-state index in [1.807, 2.05) is 12.3 Å². The second kappa shape index (κ2) is 7.85. The molecule has 3 fully saturated rings. The van der Waals surface area contributed by atoms with Gasteiger partial charge in [0, 0.05) is 64.2 Å². The van der Waals surface area contributed by atoms with Gasteiger partial charge in [-0.15, -0.1) is 0 Å². The maximum atomic E-state index is 5.51. The van der Waals surface area contributed by atoms with Crippen molar-refractivity contribution >= 4 is 11.8 Å². The van der Waals surface area contributed by atoms with Crippen molar-refractivity contribution in [3.05, 3.63) is 12.3 Å². The van der Waals surface area contributed by atoms with E-state index in [9.17, 15) is 0 Å². The van der Waals surface area contributed by atoms with E-state index in [1.165, 1.54) is 12.8 Å². The van der Waals surface area contributed by atoms with Gasteiger partial charge in [-0.05, 0) is 25.8 Å². The molecule has 138 valence electrons. The Labute approximate surface area is 149 Å². The second-order valence-corrected chi connectivity index (χ2v) is 7.20. The molecule has 0 aromatic carbocycles. The van der Waals surface area contributed by atoms with E-state index < -0.39 is 0 Å². The summed E-state index contributed by atoms with van der Waals surface area (Å²) in [5.74, 6) is 1.88. The number of ether oxygens (including phenoxy) is 2. The van der Waals surface area contributed by atoms with Gasteiger partial charge in [0.15, 0.2) is 0 Å². The van der Waals surface area contributed by atoms with Gasteiger partial charge >= 0.3 is 0 Å². The summed E-state index contributed by atoms with van der Waals surface area (Å²) >= 11 is 0. The fraction of sp³-hybridized carbons (Fsp3) is 0.778. The van der Waals surface area contributed by atoms with Crippen LogP contribution in [-0.2, 0) is 9.47 Å². The van der Waals surface area contributed by atoms with E-state index in [4.69, 9.17) is 14.5 Å². The predicted molar refractivity (Wildman–Crippen MR) is 97.3 cm³/mol. The summed E-state index contributed by atoms with van der Waals surface area (Å²) in [6, 6.07) is 3.20. The molecular formula is C18H29N5O2. The Morgan fingerprint density at radius 1 is 1.00 bits per heavy atom. The lowest BCUT2D eigenvalue weighted by molar-refractivity contribution is 0.0279. The normalized spacial score (nSPS) is 26.8. The SMILES string of the molecule is C[C@@H]1CN(C2CCOCC2)CCN1c1ccnc(N2CCOCC2)n1. The van der Waals surface area contributed by atoms with Gasteiger partial charge in [0.1, 0.15) is 5.82 Å². The highest BCUT2D eigenvalue weighted by atomic mass is 16.5. The third-order valence-electron chi connectivity index (χ3n) is 5.58. The third-order valence-corrected chi connectivity index (χ3v) is 5.58. The summed E-state index contributed by atoms with van der Waals surface area (Å²) in [5.41, 5.74) is 0. The minimum atomic E-state index is 0.462. The molecule has 3 aliphatic heterocycles. The molecular weight excluding hydrogens is 318 g/mol. The Bertz CT molecular complexity index is 560. The molecule has 0 radical (unpaired) electrons. The van der Waals surface area contributed by atoms with Crippen LogP contribution in [0.4, 0.5) is 11.8 Å². The topological polar surface area (TPSA) is 54.0 Å². The zero-order valence-corrected chi connectivity index (χ0v) is 15.1. The van der Waals surface area contributed by atoms with Crippen LogP contribution in [0.5, 0.6) is 0 Å². The molecule has 1 aromatic rings. The highest BCUT2D eigenvalue weighted by Crippen LogP contribution is 2.24. The van der Waals surface area contributed by atoms with Crippen molar-refractivity contribution < 1.29 is 9.47 Å². The Kier molecular flexibility index (Phi) is 5.33. The lowest BCUT2D eigenvalue weighted by Gasteiger charge is -2.44. The number of nitrogens with zero attached hydrogens (tertiary/aromatic N) is 5. The number of rotatable bonds is 3. The number of anilines is 2. The molecule has 0 amide bonds. The quantitative estimate of drug-likeness (QED) is 0.808. The van der Waals surface area contributed by atoms with E-state index in [0.29, 0.717) is 12.1 Å². The number of morpholine rings is 1. The molecule has 7 nitrogen and oxygen atoms in total. The fourth-order valence-electron chi connectivity index (χ4n) is 4.12. The molecule has 1 aromatic heterocycles. The van der Waals surface area contributed by atoms with Crippen molar-refractivity contribution in [1.82, 2.24) is 14.9 Å². The van der Waals surface area contributed by atoms with Gasteiger partial charge in [0.05, 0.1) is 13.2 Å². The van der Waals surface area contributed by atoms with E-state index in [2.05, 4.69) is 26.6 Å². The minimum absolute atomic E-state index is 0.462. The highest BCUT2D eigenvalue weighted by molar-refractivity contribution is 5.45. The fourth-order valence-corrected chi connectivity index (χ4v) is 4.12. The first kappa shape index (κ1) is 17.0. The number of hydrogen-bond donors (Lipinski definition) is 0. The molecule has 25 heavy (non-hydrogen) atoms. The van der Waals surface area contributed by atoms with Crippen molar-refractivity contribution in [2.24, 2.45) is 0 Å². The summed E-state index contributed by atoms with van der Waals surface area (Å²) < 4.78 is 10.9. The van der Waals surface area contributed by atoms with Gasteiger partial charge < -0.3 is 19.3 Å². The zero-order chi connectivity index (χ0) is 17.1. The standard InChI is InChI=1S/C18H29N5O2/c1-15-14-22(16-3-10-24-11-4-16)6-7-23(15)17-2-5-19-18(20-17)21-8-12-25-13-9-21/h2,5,15-16H,3-4,6-14H2,1H3/t15-/m1/s1. The first-order valence-electron chi connectivity index (χ1n) is 9.55. The minimum Gasteiger partial charge on any atom is -0.381 e. The Morgan fingerprint density at radius 3 is 2.52 bits per heavy atom. The van der Waals surface area contributed by atoms with Crippen LogP contribution in [0, 0.1) is 0 Å². The lowest BCUT2D eigenvalue weighted by Crippen LogP contribution is -2.56. The maximum Gasteiger partial charge on any atom is 0.227 e. The van der Waals surface area contributed by atoms with Crippen molar-refractivity contribution in [3.63, 3.8) is 0 Å². The monoisotopic (exact) mass is 347 g/mol. The van der Waals surface area contributed by atoms with Gasteiger partial charge in [-0.3, -0.25) is 4.90 Å². The maximum absolute atomic E-state index is 5.51. The van der Waals surface area contributed by atoms with Crippen molar-refractivity contribution in [3.8, 4) is 0 Å². The molecule has 3 saturated heterocycles. The Hall–Kier alpha value is -1.44. The van der Waals surface area contributed by atoms with Crippen LogP contribution >= 0.6 is 0 Å². The molecule has 0 saturated carbocycles. The number of piperazine rings is 1. The van der Waals surface area contributed by atoms with Crippen LogP contribution < -0.4 is 9.80 Å². The third kappa shape index (κ3) is 3.88. The molecule has 0 N–H and O–H groups in total. The van der Waals surface area contributed by atoms with E-state index in [1.54, 1.807) is 0 Å². The zero-order valence-electron chi connectivity index (χ0n) is 15.1. The summed E-state index contributed by atoms with van der Waals surface area (Å²) in [7, 11) is 0. The molecule has 0 unspecified atom stereocenters. The van der Waals surface area contributed by atoms with Crippen LogP contribution in [0.2, 0.25) is 0 Å². The first-order valence-corrected chi connectivity index (χ1v) is 9.55. The molecule has 0 spiro atoms. The summed E-state index contributed by atoms with van der Waals surface area (Å²) in [6.45, 7) is 10.6. The van der Waals surface area contributed by atoms with E-state index in [0.717, 1.165) is 70.9 Å². The largest absolute Gasteiger partial charge is 0.381 e. The van der Waals surface area contributed by atoms with E-state index in [-0.39, 0.29) is 0 Å². The van der Waals surface area contributed by atoms with Crippen molar-refractivity contribution in [1.29, 1.82) is 0 Å². The summed E-state index contributed by atoms with van der Waals surface area (Å²) in [4.78, 5) is 16.6. The smallest absolute Gasteiger partial charge is 0.227 e. The van der Waals surface area contributed by atoms with E-state index >= 15 is 0 Å². The highest BCUT2D eigenvalue weighted by Gasteiger charge is 2.30. The van der Waals surface area contributed by atoms with Gasteiger partial charge in [-0.2, -0.15) is 4.98 Å². The average Bonchev–Trinajstić information content (AvgIpc) is 2.69. The van der Waals surface area contributed by atoms with Crippen LogP contribution in [0.1, 0.15) is 19.8 Å². The summed E-state index contributed by atoms with van der Waals surface area (Å²) in [6.07, 6.45) is 4.23. The summed E-state index contributed by atoms with van der Waals surface area (Å²) in [5, 5.41) is 0. The van der Waals surface area contributed by atoms with Crippen molar-refractivity contribution in [2.75, 3.05) is 69.0 Å². The number of hydrogen-bond acceptors (Lipinski definition) is 7. The van der Waals surface area contributed by atoms with Gasteiger partial charge in [-0.25, -0.2) is 4.98 Å². The number of aromatic nitrogens is 2. The van der Waals surface area contributed by atoms with Gasteiger partial charge in [0.25, 0.3) is 0 Å². The van der Waals surface area contributed by atoms with Gasteiger partial charge in [0.2, 0.25) is 5.95 Å². The first-order chi connectivity index (χ1) is 12.3. The molecule has 4 rings (SSSR count). The lowest BCUT2D eigenvalue weighted by atomic mass is 10.0. The molecule has 0 bridgehead atoms. The predicted octanol–water partition coefficient (Wildman–Crippen LogP) is 1.00. The Balaban J connectivity index is 1.42. The molecule has 7 heteroatoms. The Morgan fingerprint density at radius 2 is 1.76 bits per heavy atom.